The zero-order valence-electron chi connectivity index (χ0n) is 20.2. The smallest absolute Gasteiger partial charge is 0.341 e. The Balaban J connectivity index is 1.64. The van der Waals surface area contributed by atoms with Gasteiger partial charge in [0.25, 0.3) is 15.9 Å². The molecule has 1 heterocycles. The van der Waals surface area contributed by atoms with Crippen LogP contribution in [0.25, 0.3) is 0 Å². The Morgan fingerprint density at radius 2 is 1.66 bits per heavy atom. The second kappa shape index (κ2) is 9.83. The Morgan fingerprint density at radius 3 is 2.34 bits per heavy atom. The number of amides is 1. The van der Waals surface area contributed by atoms with Gasteiger partial charge in [-0.3, -0.25) is 9.52 Å². The number of benzene rings is 2. The van der Waals surface area contributed by atoms with Crippen LogP contribution in [-0.2, 0) is 27.6 Å². The summed E-state index contributed by atoms with van der Waals surface area (Å²) in [6.45, 7) is 5.47. The van der Waals surface area contributed by atoms with Crippen LogP contribution in [0.2, 0.25) is 0 Å². The van der Waals surface area contributed by atoms with Crippen LogP contribution in [0.4, 0.5) is 10.7 Å². The number of carbonyl (C=O) groups is 2. The second-order valence-corrected chi connectivity index (χ2v) is 11.6. The van der Waals surface area contributed by atoms with Crippen molar-refractivity contribution in [2.75, 3.05) is 17.1 Å². The van der Waals surface area contributed by atoms with Gasteiger partial charge in [-0.05, 0) is 93.0 Å². The van der Waals surface area contributed by atoms with Gasteiger partial charge in [0, 0.05) is 16.1 Å². The van der Waals surface area contributed by atoms with E-state index in [4.69, 9.17) is 4.74 Å². The number of thiophene rings is 1. The molecule has 2 N–H and O–H groups in total. The lowest BCUT2D eigenvalue weighted by Gasteiger charge is -2.13. The van der Waals surface area contributed by atoms with Crippen molar-refractivity contribution in [2.24, 2.45) is 0 Å². The molecule has 0 spiro atoms. The van der Waals surface area contributed by atoms with Crippen LogP contribution in [-0.4, -0.2) is 27.4 Å². The summed E-state index contributed by atoms with van der Waals surface area (Å²) in [6, 6.07) is 10.0. The van der Waals surface area contributed by atoms with E-state index in [0.29, 0.717) is 21.8 Å². The Morgan fingerprint density at radius 1 is 0.971 bits per heavy atom. The molecule has 0 saturated carbocycles. The van der Waals surface area contributed by atoms with Crippen molar-refractivity contribution in [1.82, 2.24) is 0 Å². The first kappa shape index (κ1) is 24.9. The van der Waals surface area contributed by atoms with Gasteiger partial charge in [0.1, 0.15) is 5.00 Å². The number of esters is 1. The van der Waals surface area contributed by atoms with Crippen molar-refractivity contribution in [3.8, 4) is 0 Å². The number of methoxy groups -OCH3 is 1. The SMILES string of the molecule is COC(=O)c1c(NC(=O)c2ccc(C)c(S(=O)(=O)Nc3cc(C)cc(C)c3)c2)sc2c1CCCC2. The second-order valence-electron chi connectivity index (χ2n) is 8.82. The highest BCUT2D eigenvalue weighted by atomic mass is 32.2. The first-order valence-corrected chi connectivity index (χ1v) is 13.6. The molecule has 0 fully saturated rings. The molecule has 0 unspecified atom stereocenters. The monoisotopic (exact) mass is 512 g/mol. The van der Waals surface area contributed by atoms with Crippen molar-refractivity contribution in [1.29, 1.82) is 0 Å². The molecule has 4 rings (SSSR count). The highest BCUT2D eigenvalue weighted by Gasteiger charge is 2.27. The van der Waals surface area contributed by atoms with Crippen LogP contribution in [0.5, 0.6) is 0 Å². The molecule has 0 aliphatic heterocycles. The predicted molar refractivity (Wildman–Crippen MR) is 138 cm³/mol. The lowest BCUT2D eigenvalue weighted by Crippen LogP contribution is -2.18. The van der Waals surface area contributed by atoms with Gasteiger partial charge in [-0.1, -0.05) is 12.1 Å². The summed E-state index contributed by atoms with van der Waals surface area (Å²) < 4.78 is 34.0. The van der Waals surface area contributed by atoms with Crippen LogP contribution in [0.1, 0.15) is 60.7 Å². The Hall–Kier alpha value is -3.17. The van der Waals surface area contributed by atoms with E-state index in [9.17, 15) is 18.0 Å². The fourth-order valence-electron chi connectivity index (χ4n) is 4.42. The maximum Gasteiger partial charge on any atom is 0.341 e. The Bertz CT molecular complexity index is 1400. The summed E-state index contributed by atoms with van der Waals surface area (Å²) in [5, 5.41) is 3.26. The van der Waals surface area contributed by atoms with Crippen LogP contribution < -0.4 is 10.0 Å². The van der Waals surface area contributed by atoms with E-state index >= 15 is 0 Å². The standard InChI is InChI=1S/C26H28N2O5S2/c1-15-11-16(2)13-19(12-15)28-35(31,32)22-14-18(10-9-17(22)3)24(29)27-25-23(26(30)33-4)20-7-5-6-8-21(20)34-25/h9-14,28H,5-8H2,1-4H3,(H,27,29). The Kier molecular flexibility index (Phi) is 7.00. The normalized spacial score (nSPS) is 13.1. The van der Waals surface area contributed by atoms with Crippen LogP contribution in [0.3, 0.4) is 0 Å². The lowest BCUT2D eigenvalue weighted by atomic mass is 9.95. The highest BCUT2D eigenvalue weighted by Crippen LogP contribution is 2.38. The van der Waals surface area contributed by atoms with E-state index in [1.54, 1.807) is 31.2 Å². The molecule has 35 heavy (non-hydrogen) atoms. The third-order valence-electron chi connectivity index (χ3n) is 6.00. The molecule has 1 aliphatic carbocycles. The van der Waals surface area contributed by atoms with Crippen molar-refractivity contribution in [3.05, 3.63) is 74.7 Å². The van der Waals surface area contributed by atoms with Crippen LogP contribution in [0.15, 0.2) is 41.3 Å². The quantitative estimate of drug-likeness (QED) is 0.431. The fraction of sp³-hybridized carbons (Fsp3) is 0.308. The number of ether oxygens (including phenoxy) is 1. The van der Waals surface area contributed by atoms with Gasteiger partial charge in [0.2, 0.25) is 0 Å². The third-order valence-corrected chi connectivity index (χ3v) is 8.73. The summed E-state index contributed by atoms with van der Waals surface area (Å²) in [6.07, 6.45) is 3.64. The molecule has 0 saturated heterocycles. The minimum Gasteiger partial charge on any atom is -0.465 e. The first-order valence-electron chi connectivity index (χ1n) is 11.3. The molecule has 1 amide bonds. The third kappa shape index (κ3) is 5.26. The number of fused-ring (bicyclic) bond motifs is 1. The maximum absolute atomic E-state index is 13.2. The molecule has 0 radical (unpaired) electrons. The lowest BCUT2D eigenvalue weighted by molar-refractivity contribution is 0.0601. The topological polar surface area (TPSA) is 102 Å². The van der Waals surface area contributed by atoms with Gasteiger partial charge in [-0.15, -0.1) is 11.3 Å². The zero-order valence-corrected chi connectivity index (χ0v) is 21.8. The molecular formula is C26H28N2O5S2. The number of nitrogens with one attached hydrogen (secondary N) is 2. The fourth-order valence-corrected chi connectivity index (χ4v) is 7.01. The summed E-state index contributed by atoms with van der Waals surface area (Å²) in [5.41, 5.74) is 4.37. The van der Waals surface area contributed by atoms with E-state index in [2.05, 4.69) is 10.0 Å². The summed E-state index contributed by atoms with van der Waals surface area (Å²) in [5.74, 6) is -0.971. The van der Waals surface area contributed by atoms with Crippen molar-refractivity contribution in [2.45, 2.75) is 51.3 Å². The Labute approximate surface area is 209 Å². The number of hydrogen-bond acceptors (Lipinski definition) is 6. The number of aryl methyl sites for hydroxylation is 4. The number of rotatable bonds is 6. The largest absolute Gasteiger partial charge is 0.465 e. The van der Waals surface area contributed by atoms with Crippen LogP contribution >= 0.6 is 11.3 Å². The number of hydrogen-bond donors (Lipinski definition) is 2. The van der Waals surface area contributed by atoms with Crippen LogP contribution in [0, 0.1) is 20.8 Å². The van der Waals surface area contributed by atoms with Crippen molar-refractivity contribution >= 4 is 43.9 Å². The minimum atomic E-state index is -3.94. The molecular weight excluding hydrogens is 484 g/mol. The van der Waals surface area contributed by atoms with Gasteiger partial charge >= 0.3 is 5.97 Å². The summed E-state index contributed by atoms with van der Waals surface area (Å²) >= 11 is 1.38. The van der Waals surface area contributed by atoms with E-state index in [1.165, 1.54) is 24.5 Å². The summed E-state index contributed by atoms with van der Waals surface area (Å²) in [4.78, 5) is 26.7. The molecule has 2 aromatic carbocycles. The molecule has 1 aromatic heterocycles. The average Bonchev–Trinajstić information content (AvgIpc) is 3.15. The predicted octanol–water partition coefficient (Wildman–Crippen LogP) is 5.39. The van der Waals surface area contributed by atoms with E-state index in [1.807, 2.05) is 19.9 Å². The van der Waals surface area contributed by atoms with Gasteiger partial charge in [0.05, 0.1) is 17.6 Å². The van der Waals surface area contributed by atoms with E-state index in [0.717, 1.165) is 47.3 Å². The molecule has 1 aliphatic rings. The first-order chi connectivity index (χ1) is 16.6. The number of anilines is 2. The van der Waals surface area contributed by atoms with Gasteiger partial charge in [0.15, 0.2) is 0 Å². The molecule has 7 nitrogen and oxygen atoms in total. The molecule has 0 atom stereocenters. The van der Waals surface area contributed by atoms with Gasteiger partial charge in [-0.2, -0.15) is 0 Å². The van der Waals surface area contributed by atoms with Gasteiger partial charge < -0.3 is 10.1 Å². The van der Waals surface area contributed by atoms with Crippen molar-refractivity contribution in [3.63, 3.8) is 0 Å². The average molecular weight is 513 g/mol. The zero-order chi connectivity index (χ0) is 25.3. The number of sulfonamides is 1. The molecule has 3 aromatic rings. The maximum atomic E-state index is 13.2. The minimum absolute atomic E-state index is 0.0166. The van der Waals surface area contributed by atoms with E-state index in [-0.39, 0.29) is 10.5 Å². The van der Waals surface area contributed by atoms with Gasteiger partial charge in [-0.25, -0.2) is 13.2 Å². The van der Waals surface area contributed by atoms with Crippen molar-refractivity contribution < 1.29 is 22.7 Å². The summed E-state index contributed by atoms with van der Waals surface area (Å²) in [7, 11) is -2.62. The molecule has 9 heteroatoms. The highest BCUT2D eigenvalue weighted by molar-refractivity contribution is 7.92. The van der Waals surface area contributed by atoms with E-state index < -0.39 is 21.9 Å². The molecule has 184 valence electrons. The molecule has 0 bridgehead atoms. The number of carbonyl (C=O) groups excluding carboxylic acids is 2.